The van der Waals surface area contributed by atoms with E-state index in [4.69, 9.17) is 15.2 Å². The lowest BCUT2D eigenvalue weighted by Gasteiger charge is -2.17. The molecule has 1 unspecified atom stereocenters. The second-order valence-electron chi connectivity index (χ2n) is 3.36. The highest BCUT2D eigenvalue weighted by Crippen LogP contribution is 2.35. The van der Waals surface area contributed by atoms with Gasteiger partial charge in [-0.25, -0.2) is 0 Å². The quantitative estimate of drug-likeness (QED) is 0.892. The molecule has 17 heavy (non-hydrogen) atoms. The van der Waals surface area contributed by atoms with Crippen molar-refractivity contribution in [3.63, 3.8) is 0 Å². The number of methoxy groups -OCH3 is 1. The van der Waals surface area contributed by atoms with Crippen LogP contribution in [0.2, 0.25) is 0 Å². The fourth-order valence-corrected chi connectivity index (χ4v) is 1.34. The minimum absolute atomic E-state index is 0.0539. The first-order valence-corrected chi connectivity index (χ1v) is 5.03. The van der Waals surface area contributed by atoms with Gasteiger partial charge in [-0.2, -0.15) is 13.2 Å². The third-order valence-corrected chi connectivity index (χ3v) is 2.20. The van der Waals surface area contributed by atoms with Crippen molar-refractivity contribution in [2.45, 2.75) is 19.1 Å². The first kappa shape index (κ1) is 13.6. The van der Waals surface area contributed by atoms with Crippen LogP contribution < -0.4 is 15.2 Å². The molecule has 0 aliphatic carbocycles. The average Bonchev–Trinajstić information content (AvgIpc) is 2.27. The lowest BCUT2D eigenvalue weighted by atomic mass is 10.1. The molecule has 96 valence electrons. The van der Waals surface area contributed by atoms with E-state index in [1.807, 2.05) is 0 Å². The Labute approximate surface area is 97.3 Å². The van der Waals surface area contributed by atoms with Crippen molar-refractivity contribution >= 4 is 0 Å². The molecule has 0 radical (unpaired) electrons. The van der Waals surface area contributed by atoms with Crippen molar-refractivity contribution < 1.29 is 22.6 Å². The summed E-state index contributed by atoms with van der Waals surface area (Å²) in [6.45, 7) is 2.07. The number of ether oxygens (including phenoxy) is 2. The third kappa shape index (κ3) is 3.26. The van der Waals surface area contributed by atoms with Gasteiger partial charge >= 0.3 is 6.18 Å². The van der Waals surface area contributed by atoms with E-state index in [0.29, 0.717) is 12.4 Å². The lowest BCUT2D eigenvalue weighted by molar-refractivity contribution is -0.149. The molecule has 0 aliphatic heterocycles. The molecule has 6 heteroatoms. The van der Waals surface area contributed by atoms with Crippen LogP contribution in [0.5, 0.6) is 11.5 Å². The summed E-state index contributed by atoms with van der Waals surface area (Å²) in [4.78, 5) is 0. The molecule has 1 atom stereocenters. The van der Waals surface area contributed by atoms with Crippen molar-refractivity contribution in [1.82, 2.24) is 0 Å². The van der Waals surface area contributed by atoms with Crippen molar-refractivity contribution in [3.8, 4) is 11.5 Å². The Kier molecular flexibility index (Phi) is 4.22. The number of hydrogen-bond donors (Lipinski definition) is 1. The monoisotopic (exact) mass is 249 g/mol. The standard InChI is InChI=1S/C11H14F3NO2/c1-3-17-9-6-7(4-5-8(9)16-2)10(15)11(12,13)14/h4-6,10H,3,15H2,1-2H3. The largest absolute Gasteiger partial charge is 0.493 e. The number of hydrogen-bond acceptors (Lipinski definition) is 3. The zero-order valence-electron chi connectivity index (χ0n) is 9.54. The van der Waals surface area contributed by atoms with Gasteiger partial charge in [0, 0.05) is 0 Å². The van der Waals surface area contributed by atoms with Crippen LogP contribution in [0.4, 0.5) is 13.2 Å². The van der Waals surface area contributed by atoms with Crippen LogP contribution in [0.25, 0.3) is 0 Å². The van der Waals surface area contributed by atoms with Crippen LogP contribution in [0, 0.1) is 0 Å². The summed E-state index contributed by atoms with van der Waals surface area (Å²) in [6.07, 6.45) is -4.47. The molecule has 1 aromatic carbocycles. The normalized spacial score (nSPS) is 13.3. The van der Waals surface area contributed by atoms with E-state index in [2.05, 4.69) is 0 Å². The topological polar surface area (TPSA) is 44.5 Å². The minimum Gasteiger partial charge on any atom is -0.493 e. The number of alkyl halides is 3. The third-order valence-electron chi connectivity index (χ3n) is 2.20. The van der Waals surface area contributed by atoms with Crippen LogP contribution in [-0.4, -0.2) is 19.9 Å². The first-order chi connectivity index (χ1) is 7.90. The van der Waals surface area contributed by atoms with Crippen LogP contribution in [0.15, 0.2) is 18.2 Å². The first-order valence-electron chi connectivity index (χ1n) is 5.03. The van der Waals surface area contributed by atoms with Crippen molar-refractivity contribution in [1.29, 1.82) is 0 Å². The predicted octanol–water partition coefficient (Wildman–Crippen LogP) is 2.66. The van der Waals surface area contributed by atoms with Crippen LogP contribution in [0.3, 0.4) is 0 Å². The molecule has 0 spiro atoms. The number of halogens is 3. The Morgan fingerprint density at radius 2 is 1.94 bits per heavy atom. The highest BCUT2D eigenvalue weighted by molar-refractivity contribution is 5.44. The zero-order valence-corrected chi connectivity index (χ0v) is 9.54. The van der Waals surface area contributed by atoms with E-state index < -0.39 is 12.2 Å². The van der Waals surface area contributed by atoms with E-state index in [0.717, 1.165) is 0 Å². The van der Waals surface area contributed by atoms with Gasteiger partial charge in [-0.15, -0.1) is 0 Å². The predicted molar refractivity (Wildman–Crippen MR) is 57.1 cm³/mol. The molecular weight excluding hydrogens is 235 g/mol. The maximum atomic E-state index is 12.4. The Morgan fingerprint density at radius 1 is 1.29 bits per heavy atom. The minimum atomic E-state index is -4.47. The van der Waals surface area contributed by atoms with Crippen molar-refractivity contribution in [3.05, 3.63) is 23.8 Å². The summed E-state index contributed by atoms with van der Waals surface area (Å²) in [7, 11) is 1.42. The van der Waals surface area contributed by atoms with Crippen LogP contribution in [-0.2, 0) is 0 Å². The Bertz CT molecular complexity index is 379. The van der Waals surface area contributed by atoms with E-state index in [1.54, 1.807) is 6.92 Å². The highest BCUT2D eigenvalue weighted by Gasteiger charge is 2.38. The maximum absolute atomic E-state index is 12.4. The van der Waals surface area contributed by atoms with E-state index in [9.17, 15) is 13.2 Å². The van der Waals surface area contributed by atoms with Gasteiger partial charge in [0.1, 0.15) is 6.04 Å². The molecular formula is C11H14F3NO2. The van der Waals surface area contributed by atoms with Crippen LogP contribution in [0.1, 0.15) is 18.5 Å². The van der Waals surface area contributed by atoms with Gasteiger partial charge in [-0.1, -0.05) is 6.07 Å². The lowest BCUT2D eigenvalue weighted by Crippen LogP contribution is -2.28. The molecule has 0 saturated heterocycles. The molecule has 1 rings (SSSR count). The summed E-state index contributed by atoms with van der Waals surface area (Å²) in [5, 5.41) is 0. The van der Waals surface area contributed by atoms with Gasteiger partial charge in [0.15, 0.2) is 11.5 Å². The Balaban J connectivity index is 3.07. The smallest absolute Gasteiger partial charge is 0.407 e. The van der Waals surface area contributed by atoms with Gasteiger partial charge in [0.25, 0.3) is 0 Å². The fourth-order valence-electron chi connectivity index (χ4n) is 1.34. The maximum Gasteiger partial charge on any atom is 0.407 e. The fraction of sp³-hybridized carbons (Fsp3) is 0.455. The molecule has 0 saturated carbocycles. The molecule has 0 aromatic heterocycles. The molecule has 0 fully saturated rings. The molecule has 0 heterocycles. The van der Waals surface area contributed by atoms with Gasteiger partial charge in [0.05, 0.1) is 13.7 Å². The number of rotatable bonds is 4. The summed E-state index contributed by atoms with van der Waals surface area (Å²) in [5.41, 5.74) is 5.05. The van der Waals surface area contributed by atoms with Gasteiger partial charge < -0.3 is 15.2 Å². The second kappa shape index (κ2) is 5.27. The highest BCUT2D eigenvalue weighted by atomic mass is 19.4. The second-order valence-corrected chi connectivity index (χ2v) is 3.36. The van der Waals surface area contributed by atoms with Crippen LogP contribution >= 0.6 is 0 Å². The summed E-state index contributed by atoms with van der Waals surface area (Å²) < 4.78 is 47.5. The molecule has 1 aromatic rings. The average molecular weight is 249 g/mol. The summed E-state index contributed by atoms with van der Waals surface area (Å²) in [5.74, 6) is 0.636. The summed E-state index contributed by atoms with van der Waals surface area (Å²) in [6, 6.07) is 1.92. The Morgan fingerprint density at radius 3 is 2.41 bits per heavy atom. The molecule has 0 amide bonds. The number of nitrogens with two attached hydrogens (primary N) is 1. The van der Waals surface area contributed by atoms with Gasteiger partial charge in [-0.05, 0) is 24.6 Å². The van der Waals surface area contributed by atoms with E-state index in [-0.39, 0.29) is 11.3 Å². The Hall–Kier alpha value is -1.43. The molecule has 2 N–H and O–H groups in total. The zero-order chi connectivity index (χ0) is 13.1. The van der Waals surface area contributed by atoms with E-state index >= 15 is 0 Å². The van der Waals surface area contributed by atoms with Gasteiger partial charge in [0.2, 0.25) is 0 Å². The van der Waals surface area contributed by atoms with E-state index in [1.165, 1.54) is 25.3 Å². The van der Waals surface area contributed by atoms with Crippen molar-refractivity contribution in [2.75, 3.05) is 13.7 Å². The SMILES string of the molecule is CCOc1cc(C(N)C(F)(F)F)ccc1OC. The molecule has 0 bridgehead atoms. The van der Waals surface area contributed by atoms with Gasteiger partial charge in [-0.3, -0.25) is 0 Å². The summed E-state index contributed by atoms with van der Waals surface area (Å²) >= 11 is 0. The number of benzene rings is 1. The molecule has 3 nitrogen and oxygen atoms in total. The van der Waals surface area contributed by atoms with Crippen molar-refractivity contribution in [2.24, 2.45) is 5.73 Å². The molecule has 0 aliphatic rings.